The van der Waals surface area contributed by atoms with Gasteiger partial charge in [-0.15, -0.1) is 0 Å². The Hall–Kier alpha value is -1.40. The molecule has 62 valence electrons. The zero-order chi connectivity index (χ0) is 8.81. The topological polar surface area (TPSA) is 48.7 Å². The van der Waals surface area contributed by atoms with E-state index in [1.165, 1.54) is 0 Å². The Kier molecular flexibility index (Phi) is 3.24. The third-order valence-corrected chi connectivity index (χ3v) is 1.62. The first-order valence-electron chi connectivity index (χ1n) is 3.86. The van der Waals surface area contributed by atoms with E-state index in [1.807, 2.05) is 31.2 Å². The molecule has 3 nitrogen and oxygen atoms in total. The maximum Gasteiger partial charge on any atom is 0.0846 e. The second-order valence-electron chi connectivity index (χ2n) is 2.52. The molecule has 0 spiro atoms. The van der Waals surface area contributed by atoms with E-state index in [0.29, 0.717) is 6.54 Å². The smallest absolute Gasteiger partial charge is 0.0846 e. The van der Waals surface area contributed by atoms with E-state index in [9.17, 15) is 0 Å². The summed E-state index contributed by atoms with van der Waals surface area (Å²) in [6.07, 6.45) is 1.75. The standard InChI is InChI=1S/C9H11N3/c1-8(11-7-5-10)9-4-2-3-6-12-9/h2-4,6,8,11H,7H2,1H3/t8-/m0/s1. The van der Waals surface area contributed by atoms with E-state index in [1.54, 1.807) is 6.20 Å². The minimum atomic E-state index is 0.144. The average molecular weight is 161 g/mol. The fourth-order valence-electron chi connectivity index (χ4n) is 0.935. The first kappa shape index (κ1) is 8.69. The predicted molar refractivity (Wildman–Crippen MR) is 46.3 cm³/mol. The van der Waals surface area contributed by atoms with Crippen LogP contribution in [0.1, 0.15) is 18.7 Å². The Morgan fingerprint density at radius 3 is 3.08 bits per heavy atom. The molecule has 0 saturated heterocycles. The Bertz CT molecular complexity index is 263. The van der Waals surface area contributed by atoms with Crippen molar-refractivity contribution in [1.29, 1.82) is 5.26 Å². The SMILES string of the molecule is C[C@H](NCC#N)c1ccccn1. The highest BCUT2D eigenvalue weighted by Crippen LogP contribution is 2.06. The van der Waals surface area contributed by atoms with E-state index in [2.05, 4.69) is 10.3 Å². The van der Waals surface area contributed by atoms with Gasteiger partial charge in [-0.1, -0.05) is 6.07 Å². The number of nitriles is 1. The maximum absolute atomic E-state index is 8.33. The van der Waals surface area contributed by atoms with Crippen LogP contribution in [0.4, 0.5) is 0 Å². The number of nitrogens with zero attached hydrogens (tertiary/aromatic N) is 2. The Labute approximate surface area is 72.1 Å². The van der Waals surface area contributed by atoms with E-state index in [4.69, 9.17) is 5.26 Å². The van der Waals surface area contributed by atoms with Gasteiger partial charge >= 0.3 is 0 Å². The second-order valence-corrected chi connectivity index (χ2v) is 2.52. The van der Waals surface area contributed by atoms with Gasteiger partial charge in [-0.05, 0) is 19.1 Å². The molecule has 1 rings (SSSR count). The van der Waals surface area contributed by atoms with Crippen molar-refractivity contribution in [2.75, 3.05) is 6.54 Å². The molecule has 12 heavy (non-hydrogen) atoms. The van der Waals surface area contributed by atoms with Crippen molar-refractivity contribution in [2.24, 2.45) is 0 Å². The van der Waals surface area contributed by atoms with Crippen LogP contribution in [0.15, 0.2) is 24.4 Å². The third kappa shape index (κ3) is 2.33. The van der Waals surface area contributed by atoms with Crippen molar-refractivity contribution >= 4 is 0 Å². The van der Waals surface area contributed by atoms with Crippen LogP contribution < -0.4 is 5.32 Å². The molecular formula is C9H11N3. The van der Waals surface area contributed by atoms with Crippen molar-refractivity contribution in [3.63, 3.8) is 0 Å². The number of pyridine rings is 1. The van der Waals surface area contributed by atoms with Crippen LogP contribution >= 0.6 is 0 Å². The lowest BCUT2D eigenvalue weighted by Crippen LogP contribution is -2.19. The lowest BCUT2D eigenvalue weighted by molar-refractivity contribution is 0.604. The van der Waals surface area contributed by atoms with Crippen LogP contribution in [-0.4, -0.2) is 11.5 Å². The Balaban J connectivity index is 2.55. The summed E-state index contributed by atoms with van der Waals surface area (Å²) in [5, 5.41) is 11.4. The van der Waals surface area contributed by atoms with Gasteiger partial charge in [-0.3, -0.25) is 10.3 Å². The monoisotopic (exact) mass is 161 g/mol. The molecule has 0 aliphatic rings. The molecule has 0 radical (unpaired) electrons. The highest BCUT2D eigenvalue weighted by atomic mass is 14.9. The van der Waals surface area contributed by atoms with Crippen LogP contribution in [0.3, 0.4) is 0 Å². The Morgan fingerprint density at radius 1 is 1.67 bits per heavy atom. The largest absolute Gasteiger partial charge is 0.296 e. The maximum atomic E-state index is 8.33. The minimum Gasteiger partial charge on any atom is -0.296 e. The normalized spacial score (nSPS) is 12.0. The molecule has 1 aromatic heterocycles. The molecule has 0 aromatic carbocycles. The van der Waals surface area contributed by atoms with Gasteiger partial charge in [0.05, 0.1) is 18.3 Å². The van der Waals surface area contributed by atoms with Crippen molar-refractivity contribution in [3.05, 3.63) is 30.1 Å². The third-order valence-electron chi connectivity index (χ3n) is 1.62. The van der Waals surface area contributed by atoms with Crippen LogP contribution in [0.2, 0.25) is 0 Å². The molecular weight excluding hydrogens is 150 g/mol. The average Bonchev–Trinajstić information content (AvgIpc) is 2.15. The molecule has 0 bridgehead atoms. The zero-order valence-corrected chi connectivity index (χ0v) is 6.99. The van der Waals surface area contributed by atoms with Crippen molar-refractivity contribution in [2.45, 2.75) is 13.0 Å². The van der Waals surface area contributed by atoms with Gasteiger partial charge in [0.15, 0.2) is 0 Å². The molecule has 1 atom stereocenters. The lowest BCUT2D eigenvalue weighted by Gasteiger charge is -2.09. The van der Waals surface area contributed by atoms with Gasteiger partial charge < -0.3 is 0 Å². The van der Waals surface area contributed by atoms with Gasteiger partial charge in [0, 0.05) is 12.2 Å². The first-order chi connectivity index (χ1) is 5.84. The molecule has 1 heterocycles. The van der Waals surface area contributed by atoms with Crippen molar-refractivity contribution < 1.29 is 0 Å². The highest BCUT2D eigenvalue weighted by molar-refractivity contribution is 5.07. The fraction of sp³-hybridized carbons (Fsp3) is 0.333. The molecule has 0 amide bonds. The van der Waals surface area contributed by atoms with Gasteiger partial charge in [0.1, 0.15) is 0 Å². The molecule has 0 aliphatic carbocycles. The summed E-state index contributed by atoms with van der Waals surface area (Å²) in [5.41, 5.74) is 0.966. The zero-order valence-electron chi connectivity index (χ0n) is 6.99. The quantitative estimate of drug-likeness (QED) is 0.679. The van der Waals surface area contributed by atoms with E-state index >= 15 is 0 Å². The van der Waals surface area contributed by atoms with Crippen LogP contribution in [-0.2, 0) is 0 Å². The number of hydrogen-bond donors (Lipinski definition) is 1. The first-order valence-corrected chi connectivity index (χ1v) is 3.86. The molecule has 1 aromatic rings. The molecule has 0 unspecified atom stereocenters. The summed E-state index contributed by atoms with van der Waals surface area (Å²) in [6.45, 7) is 2.34. The number of aromatic nitrogens is 1. The predicted octanol–water partition coefficient (Wildman–Crippen LogP) is 1.26. The van der Waals surface area contributed by atoms with Gasteiger partial charge in [0.25, 0.3) is 0 Å². The van der Waals surface area contributed by atoms with Crippen LogP contribution in [0, 0.1) is 11.3 Å². The minimum absolute atomic E-state index is 0.144. The summed E-state index contributed by atoms with van der Waals surface area (Å²) >= 11 is 0. The summed E-state index contributed by atoms with van der Waals surface area (Å²) in [6, 6.07) is 7.93. The molecule has 0 saturated carbocycles. The van der Waals surface area contributed by atoms with Crippen LogP contribution in [0.5, 0.6) is 0 Å². The summed E-state index contributed by atoms with van der Waals surface area (Å²) < 4.78 is 0. The highest BCUT2D eigenvalue weighted by Gasteiger charge is 2.02. The number of nitrogens with one attached hydrogen (secondary N) is 1. The van der Waals surface area contributed by atoms with Gasteiger partial charge in [-0.25, -0.2) is 0 Å². The molecule has 3 heteroatoms. The number of hydrogen-bond acceptors (Lipinski definition) is 3. The van der Waals surface area contributed by atoms with Gasteiger partial charge in [0.2, 0.25) is 0 Å². The van der Waals surface area contributed by atoms with E-state index in [0.717, 1.165) is 5.69 Å². The fourth-order valence-corrected chi connectivity index (χ4v) is 0.935. The second kappa shape index (κ2) is 4.47. The summed E-state index contributed by atoms with van der Waals surface area (Å²) in [7, 11) is 0. The molecule has 1 N–H and O–H groups in total. The molecule has 0 fully saturated rings. The lowest BCUT2D eigenvalue weighted by atomic mass is 10.2. The van der Waals surface area contributed by atoms with Gasteiger partial charge in [-0.2, -0.15) is 5.26 Å². The van der Waals surface area contributed by atoms with E-state index in [-0.39, 0.29) is 6.04 Å². The Morgan fingerprint density at radius 2 is 2.50 bits per heavy atom. The van der Waals surface area contributed by atoms with Crippen LogP contribution in [0.25, 0.3) is 0 Å². The van der Waals surface area contributed by atoms with E-state index < -0.39 is 0 Å². The summed E-state index contributed by atoms with van der Waals surface area (Å²) in [5.74, 6) is 0. The van der Waals surface area contributed by atoms with Crippen molar-refractivity contribution in [1.82, 2.24) is 10.3 Å². The molecule has 0 aliphatic heterocycles. The summed E-state index contributed by atoms with van der Waals surface area (Å²) in [4.78, 5) is 4.16. The number of rotatable bonds is 3. The van der Waals surface area contributed by atoms with Crippen molar-refractivity contribution in [3.8, 4) is 6.07 Å².